The number of aromatic nitrogens is 1. The maximum atomic E-state index is 12.9. The molecule has 2 aromatic rings. The van der Waals surface area contributed by atoms with E-state index in [-0.39, 0.29) is 18.1 Å². The number of nitrogens with zero attached hydrogens (tertiary/aromatic N) is 1. The third kappa shape index (κ3) is 6.43. The van der Waals surface area contributed by atoms with Gasteiger partial charge in [-0.05, 0) is 23.5 Å². The van der Waals surface area contributed by atoms with E-state index in [1.165, 1.54) is 18.7 Å². The lowest BCUT2D eigenvalue weighted by Gasteiger charge is -2.26. The summed E-state index contributed by atoms with van der Waals surface area (Å²) >= 11 is 0. The number of nitrogens with one attached hydrogen (secondary N) is 2. The van der Waals surface area contributed by atoms with Crippen LogP contribution in [0, 0.1) is 5.92 Å². The van der Waals surface area contributed by atoms with Crippen molar-refractivity contribution in [3.05, 3.63) is 53.4 Å². The molecule has 0 saturated heterocycles. The number of hydrogen-bond acceptors (Lipinski definition) is 5. The molecule has 3 rings (SSSR count). The molecule has 0 aliphatic heterocycles. The first-order chi connectivity index (χ1) is 14.5. The Balaban J connectivity index is 1.63. The lowest BCUT2D eigenvalue weighted by atomic mass is 9.84. The molecule has 30 heavy (non-hydrogen) atoms. The molecule has 1 atom stereocenters. The lowest BCUT2D eigenvalue weighted by molar-refractivity contribution is -0.123. The van der Waals surface area contributed by atoms with E-state index in [9.17, 15) is 14.4 Å². The van der Waals surface area contributed by atoms with Gasteiger partial charge in [-0.1, -0.05) is 61.5 Å². The molecule has 8 heteroatoms. The average Bonchev–Trinajstić information content (AvgIpc) is 3.27. The highest BCUT2D eigenvalue weighted by molar-refractivity contribution is 5.95. The maximum Gasteiger partial charge on any atom is 0.290 e. The summed E-state index contributed by atoms with van der Waals surface area (Å²) in [6, 6.07) is 8.17. The van der Waals surface area contributed by atoms with Crippen molar-refractivity contribution in [3.8, 4) is 0 Å². The fourth-order valence-corrected chi connectivity index (χ4v) is 3.91. The Hall–Kier alpha value is -3.16. The Kier molecular flexibility index (Phi) is 7.59. The molecule has 160 valence electrons. The number of carbonyl (C=O) groups is 3. The van der Waals surface area contributed by atoms with Crippen molar-refractivity contribution in [2.75, 3.05) is 0 Å². The van der Waals surface area contributed by atoms with Crippen LogP contribution in [0.25, 0.3) is 0 Å². The van der Waals surface area contributed by atoms with Crippen molar-refractivity contribution in [2.24, 2.45) is 11.7 Å². The third-order valence-corrected chi connectivity index (χ3v) is 5.41. The minimum absolute atomic E-state index is 0.0793. The Bertz CT molecular complexity index is 860. The molecule has 0 spiro atoms. The SMILES string of the molecule is NC(=O)Cc1cccc(CNC(=O)[C@H](CC2CCCCC2)NC(=O)c2ccno2)c1. The van der Waals surface area contributed by atoms with Crippen LogP contribution in [0.3, 0.4) is 0 Å². The van der Waals surface area contributed by atoms with Crippen molar-refractivity contribution in [2.45, 2.75) is 57.5 Å². The standard InChI is InChI=1S/C22H28N4O4/c23-20(27)13-16-7-4-8-17(11-16)14-24-21(28)18(12-15-5-2-1-3-6-15)26-22(29)19-9-10-25-30-19/h4,7-11,15,18H,1-3,5-6,12-14H2,(H2,23,27)(H,24,28)(H,26,29)/t18-/m0/s1. The molecule has 4 N–H and O–H groups in total. The fraction of sp³-hybridized carbons (Fsp3) is 0.455. The Labute approximate surface area is 175 Å². The Morgan fingerprint density at radius 1 is 1.13 bits per heavy atom. The molecule has 1 aliphatic carbocycles. The van der Waals surface area contributed by atoms with E-state index >= 15 is 0 Å². The summed E-state index contributed by atoms with van der Waals surface area (Å²) in [5, 5.41) is 9.24. The zero-order chi connectivity index (χ0) is 21.3. The van der Waals surface area contributed by atoms with Gasteiger partial charge < -0.3 is 20.9 Å². The molecule has 1 aliphatic rings. The van der Waals surface area contributed by atoms with E-state index in [0.717, 1.165) is 36.8 Å². The molecule has 0 unspecified atom stereocenters. The summed E-state index contributed by atoms with van der Waals surface area (Å²) in [6.07, 6.45) is 7.80. The van der Waals surface area contributed by atoms with Gasteiger partial charge >= 0.3 is 0 Å². The molecule has 1 fully saturated rings. The number of rotatable bonds is 9. The van der Waals surface area contributed by atoms with Crippen molar-refractivity contribution in [3.63, 3.8) is 0 Å². The Morgan fingerprint density at radius 2 is 1.90 bits per heavy atom. The van der Waals surface area contributed by atoms with Gasteiger partial charge in [-0.15, -0.1) is 0 Å². The van der Waals surface area contributed by atoms with Crippen LogP contribution in [0.15, 0.2) is 41.1 Å². The monoisotopic (exact) mass is 412 g/mol. The van der Waals surface area contributed by atoms with E-state index in [2.05, 4.69) is 15.8 Å². The van der Waals surface area contributed by atoms with Crippen molar-refractivity contribution < 1.29 is 18.9 Å². The summed E-state index contributed by atoms with van der Waals surface area (Å²) in [7, 11) is 0. The highest BCUT2D eigenvalue weighted by Gasteiger charge is 2.27. The van der Waals surface area contributed by atoms with Gasteiger partial charge in [-0.25, -0.2) is 0 Å². The Morgan fingerprint density at radius 3 is 2.60 bits per heavy atom. The molecule has 1 heterocycles. The summed E-state index contributed by atoms with van der Waals surface area (Å²) in [4.78, 5) is 36.5. The van der Waals surface area contributed by atoms with Crippen molar-refractivity contribution >= 4 is 17.7 Å². The van der Waals surface area contributed by atoms with Gasteiger partial charge in [0, 0.05) is 12.6 Å². The van der Waals surface area contributed by atoms with Gasteiger partial charge in [0.2, 0.25) is 17.6 Å². The zero-order valence-electron chi connectivity index (χ0n) is 16.9. The van der Waals surface area contributed by atoms with Gasteiger partial charge in [-0.3, -0.25) is 14.4 Å². The highest BCUT2D eigenvalue weighted by Crippen LogP contribution is 2.27. The second-order valence-corrected chi connectivity index (χ2v) is 7.82. The fourth-order valence-electron chi connectivity index (χ4n) is 3.91. The first-order valence-corrected chi connectivity index (χ1v) is 10.4. The van der Waals surface area contributed by atoms with Gasteiger partial charge in [0.1, 0.15) is 6.04 Å². The number of amides is 3. The topological polar surface area (TPSA) is 127 Å². The second kappa shape index (κ2) is 10.6. The van der Waals surface area contributed by atoms with E-state index in [4.69, 9.17) is 10.3 Å². The lowest BCUT2D eigenvalue weighted by Crippen LogP contribution is -2.47. The molecular formula is C22H28N4O4. The number of nitrogens with two attached hydrogens (primary N) is 1. The van der Waals surface area contributed by atoms with Crippen LogP contribution in [0.5, 0.6) is 0 Å². The van der Waals surface area contributed by atoms with Crippen LogP contribution < -0.4 is 16.4 Å². The van der Waals surface area contributed by atoms with E-state index in [1.54, 1.807) is 0 Å². The minimum Gasteiger partial charge on any atom is -0.369 e. The van der Waals surface area contributed by atoms with Crippen LogP contribution in [-0.2, 0) is 22.6 Å². The molecule has 1 saturated carbocycles. The molecular weight excluding hydrogens is 384 g/mol. The van der Waals surface area contributed by atoms with Gasteiger partial charge in [0.05, 0.1) is 12.6 Å². The summed E-state index contributed by atoms with van der Waals surface area (Å²) in [5.41, 5.74) is 6.91. The minimum atomic E-state index is -0.653. The number of carbonyl (C=O) groups excluding carboxylic acids is 3. The molecule has 0 radical (unpaired) electrons. The van der Waals surface area contributed by atoms with Crippen LogP contribution in [0.2, 0.25) is 0 Å². The predicted octanol–water partition coefficient (Wildman–Crippen LogP) is 2.09. The van der Waals surface area contributed by atoms with Gasteiger partial charge in [0.15, 0.2) is 0 Å². The quantitative estimate of drug-likeness (QED) is 0.581. The molecule has 8 nitrogen and oxygen atoms in total. The first-order valence-electron chi connectivity index (χ1n) is 10.4. The number of primary amides is 1. The van der Waals surface area contributed by atoms with Crippen LogP contribution >= 0.6 is 0 Å². The summed E-state index contributed by atoms with van der Waals surface area (Å²) < 4.78 is 4.91. The van der Waals surface area contributed by atoms with Crippen LogP contribution in [0.4, 0.5) is 0 Å². The zero-order valence-corrected chi connectivity index (χ0v) is 16.9. The number of hydrogen-bond donors (Lipinski definition) is 3. The summed E-state index contributed by atoms with van der Waals surface area (Å²) in [6.45, 7) is 0.296. The number of benzene rings is 1. The highest BCUT2D eigenvalue weighted by atomic mass is 16.5. The van der Waals surface area contributed by atoms with Crippen molar-refractivity contribution in [1.82, 2.24) is 15.8 Å². The molecule has 3 amide bonds. The van der Waals surface area contributed by atoms with E-state index in [1.807, 2.05) is 24.3 Å². The molecule has 1 aromatic carbocycles. The normalized spacial score (nSPS) is 15.3. The van der Waals surface area contributed by atoms with E-state index in [0.29, 0.717) is 18.9 Å². The van der Waals surface area contributed by atoms with Crippen molar-refractivity contribution in [1.29, 1.82) is 0 Å². The maximum absolute atomic E-state index is 12.9. The predicted molar refractivity (Wildman–Crippen MR) is 110 cm³/mol. The van der Waals surface area contributed by atoms with Gasteiger partial charge in [0.25, 0.3) is 5.91 Å². The molecule has 0 bridgehead atoms. The van der Waals surface area contributed by atoms with Crippen LogP contribution in [-0.4, -0.2) is 28.9 Å². The largest absolute Gasteiger partial charge is 0.369 e. The molecule has 1 aromatic heterocycles. The van der Waals surface area contributed by atoms with Gasteiger partial charge in [-0.2, -0.15) is 0 Å². The third-order valence-electron chi connectivity index (χ3n) is 5.41. The first kappa shape index (κ1) is 21.5. The van der Waals surface area contributed by atoms with Crippen LogP contribution in [0.1, 0.15) is 60.2 Å². The second-order valence-electron chi connectivity index (χ2n) is 7.82. The van der Waals surface area contributed by atoms with E-state index < -0.39 is 17.9 Å². The summed E-state index contributed by atoms with van der Waals surface area (Å²) in [5.74, 6) is -0.612. The average molecular weight is 412 g/mol. The smallest absolute Gasteiger partial charge is 0.290 e.